The number of hydrazine groups is 1. The molecule has 2 rings (SSSR count). The van der Waals surface area contributed by atoms with Crippen molar-refractivity contribution in [3.05, 3.63) is 29.6 Å². The summed E-state index contributed by atoms with van der Waals surface area (Å²) in [5, 5.41) is 0. The van der Waals surface area contributed by atoms with E-state index in [0.717, 1.165) is 24.5 Å². The lowest BCUT2D eigenvalue weighted by Gasteiger charge is -2.26. The van der Waals surface area contributed by atoms with Gasteiger partial charge in [-0.25, -0.2) is 0 Å². The van der Waals surface area contributed by atoms with Crippen molar-refractivity contribution in [3.8, 4) is 0 Å². The first-order chi connectivity index (χ1) is 8.85. The Kier molecular flexibility index (Phi) is 5.14. The summed E-state index contributed by atoms with van der Waals surface area (Å²) < 4.78 is 0. The molecule has 3 N–H and O–H groups in total. The topological polar surface area (TPSA) is 50.9 Å². The molecule has 1 aliphatic carbocycles. The van der Waals surface area contributed by atoms with Crippen LogP contribution in [0.4, 0.5) is 0 Å². The third kappa shape index (κ3) is 3.30. The minimum Gasteiger partial charge on any atom is -0.271 e. The maximum Gasteiger partial charge on any atom is 0.0637 e. The molecule has 3 nitrogen and oxygen atoms in total. The molecule has 1 aromatic rings. The summed E-state index contributed by atoms with van der Waals surface area (Å²) in [7, 11) is 0. The number of aromatic nitrogens is 1. The number of hydrogen-bond acceptors (Lipinski definition) is 3. The third-order valence-electron chi connectivity index (χ3n) is 4.13. The van der Waals surface area contributed by atoms with E-state index in [4.69, 9.17) is 5.84 Å². The van der Waals surface area contributed by atoms with Gasteiger partial charge in [0.1, 0.15) is 0 Å². The SMILES string of the molecule is CCc1cccnc1C(CC1CCCCC1)NN. The van der Waals surface area contributed by atoms with Gasteiger partial charge in [-0.2, -0.15) is 0 Å². The number of nitrogens with one attached hydrogen (secondary N) is 1. The number of nitrogens with two attached hydrogens (primary N) is 1. The summed E-state index contributed by atoms with van der Waals surface area (Å²) in [5.41, 5.74) is 5.44. The highest BCUT2D eigenvalue weighted by Gasteiger charge is 2.21. The highest BCUT2D eigenvalue weighted by atomic mass is 15.2. The van der Waals surface area contributed by atoms with Gasteiger partial charge in [-0.15, -0.1) is 0 Å². The minimum absolute atomic E-state index is 0.212. The van der Waals surface area contributed by atoms with Crippen LogP contribution in [0.15, 0.2) is 18.3 Å². The number of rotatable bonds is 5. The molecule has 1 atom stereocenters. The van der Waals surface area contributed by atoms with Gasteiger partial charge in [-0.1, -0.05) is 45.1 Å². The number of hydrogen-bond donors (Lipinski definition) is 2. The highest BCUT2D eigenvalue weighted by molar-refractivity contribution is 5.22. The van der Waals surface area contributed by atoms with Gasteiger partial charge in [0.05, 0.1) is 11.7 Å². The quantitative estimate of drug-likeness (QED) is 0.621. The molecule has 3 heteroatoms. The van der Waals surface area contributed by atoms with Crippen molar-refractivity contribution in [1.82, 2.24) is 10.4 Å². The van der Waals surface area contributed by atoms with Gasteiger partial charge < -0.3 is 0 Å². The second-order valence-corrected chi connectivity index (χ2v) is 5.36. The van der Waals surface area contributed by atoms with E-state index in [-0.39, 0.29) is 6.04 Å². The molecule has 1 unspecified atom stereocenters. The van der Waals surface area contributed by atoms with Gasteiger partial charge in [0.2, 0.25) is 0 Å². The van der Waals surface area contributed by atoms with Gasteiger partial charge in [0.15, 0.2) is 0 Å². The summed E-state index contributed by atoms with van der Waals surface area (Å²) in [6.07, 6.45) is 10.9. The summed E-state index contributed by atoms with van der Waals surface area (Å²) in [5.74, 6) is 6.57. The van der Waals surface area contributed by atoms with E-state index < -0.39 is 0 Å². The molecule has 1 heterocycles. The standard InChI is InChI=1S/C15H25N3/c1-2-13-9-6-10-17-15(13)14(18-16)11-12-7-4-3-5-8-12/h6,9-10,12,14,18H,2-5,7-8,11,16H2,1H3. The Morgan fingerprint density at radius 1 is 1.39 bits per heavy atom. The largest absolute Gasteiger partial charge is 0.271 e. The van der Waals surface area contributed by atoms with Crippen LogP contribution in [-0.2, 0) is 6.42 Å². The molecule has 1 fully saturated rings. The number of aryl methyl sites for hydroxylation is 1. The molecule has 0 spiro atoms. The molecular weight excluding hydrogens is 222 g/mol. The Morgan fingerprint density at radius 3 is 2.83 bits per heavy atom. The molecule has 1 aromatic heterocycles. The lowest BCUT2D eigenvalue weighted by molar-refractivity contribution is 0.298. The maximum absolute atomic E-state index is 5.76. The van der Waals surface area contributed by atoms with Crippen LogP contribution < -0.4 is 11.3 Å². The first-order valence-electron chi connectivity index (χ1n) is 7.25. The molecule has 0 aromatic carbocycles. The molecule has 0 aliphatic heterocycles. The van der Waals surface area contributed by atoms with Gasteiger partial charge in [-0.3, -0.25) is 16.3 Å². The Hall–Kier alpha value is -0.930. The summed E-state index contributed by atoms with van der Waals surface area (Å²) >= 11 is 0. The smallest absolute Gasteiger partial charge is 0.0637 e. The van der Waals surface area contributed by atoms with E-state index in [0.29, 0.717) is 0 Å². The Balaban J connectivity index is 2.07. The maximum atomic E-state index is 5.76. The van der Waals surface area contributed by atoms with E-state index in [9.17, 15) is 0 Å². The van der Waals surface area contributed by atoms with Gasteiger partial charge in [0, 0.05) is 6.20 Å². The van der Waals surface area contributed by atoms with Crippen LogP contribution in [-0.4, -0.2) is 4.98 Å². The van der Waals surface area contributed by atoms with Crippen molar-refractivity contribution >= 4 is 0 Å². The zero-order chi connectivity index (χ0) is 12.8. The summed E-state index contributed by atoms with van der Waals surface area (Å²) in [4.78, 5) is 4.54. The molecule has 0 bridgehead atoms. The van der Waals surface area contributed by atoms with E-state index in [1.165, 1.54) is 37.7 Å². The zero-order valence-corrected chi connectivity index (χ0v) is 11.4. The normalized spacial score (nSPS) is 18.8. The zero-order valence-electron chi connectivity index (χ0n) is 11.4. The molecule has 1 saturated carbocycles. The Bertz CT molecular complexity index is 359. The van der Waals surface area contributed by atoms with Crippen LogP contribution >= 0.6 is 0 Å². The Morgan fingerprint density at radius 2 is 2.17 bits per heavy atom. The number of nitrogens with zero attached hydrogens (tertiary/aromatic N) is 1. The predicted molar refractivity (Wildman–Crippen MR) is 74.9 cm³/mol. The van der Waals surface area contributed by atoms with Crippen LogP contribution in [0.5, 0.6) is 0 Å². The van der Waals surface area contributed by atoms with Crippen LogP contribution in [0.1, 0.15) is 62.7 Å². The van der Waals surface area contributed by atoms with Crippen molar-refractivity contribution in [1.29, 1.82) is 0 Å². The average Bonchev–Trinajstić information content (AvgIpc) is 2.46. The van der Waals surface area contributed by atoms with E-state index >= 15 is 0 Å². The van der Waals surface area contributed by atoms with Crippen LogP contribution in [0.2, 0.25) is 0 Å². The van der Waals surface area contributed by atoms with E-state index in [1.54, 1.807) is 0 Å². The fourth-order valence-corrected chi connectivity index (χ4v) is 3.08. The minimum atomic E-state index is 0.212. The molecule has 100 valence electrons. The van der Waals surface area contributed by atoms with Gasteiger partial charge >= 0.3 is 0 Å². The average molecular weight is 247 g/mol. The lowest BCUT2D eigenvalue weighted by atomic mass is 9.83. The van der Waals surface area contributed by atoms with Crippen molar-refractivity contribution in [2.45, 2.75) is 57.9 Å². The molecule has 18 heavy (non-hydrogen) atoms. The van der Waals surface area contributed by atoms with Crippen molar-refractivity contribution in [3.63, 3.8) is 0 Å². The first kappa shape index (κ1) is 13.5. The second kappa shape index (κ2) is 6.86. The number of pyridine rings is 1. The van der Waals surface area contributed by atoms with E-state index in [2.05, 4.69) is 23.4 Å². The molecule has 0 saturated heterocycles. The van der Waals surface area contributed by atoms with Crippen molar-refractivity contribution in [2.75, 3.05) is 0 Å². The van der Waals surface area contributed by atoms with Crippen molar-refractivity contribution in [2.24, 2.45) is 11.8 Å². The summed E-state index contributed by atoms with van der Waals surface area (Å²) in [6.45, 7) is 2.18. The molecule has 1 aliphatic rings. The molecule has 0 amide bonds. The lowest BCUT2D eigenvalue weighted by Crippen LogP contribution is -2.31. The van der Waals surface area contributed by atoms with Gasteiger partial charge in [0.25, 0.3) is 0 Å². The third-order valence-corrected chi connectivity index (χ3v) is 4.13. The summed E-state index contributed by atoms with van der Waals surface area (Å²) in [6, 6.07) is 4.38. The van der Waals surface area contributed by atoms with Crippen LogP contribution in [0.25, 0.3) is 0 Å². The van der Waals surface area contributed by atoms with Crippen molar-refractivity contribution < 1.29 is 0 Å². The fraction of sp³-hybridized carbons (Fsp3) is 0.667. The monoisotopic (exact) mass is 247 g/mol. The first-order valence-corrected chi connectivity index (χ1v) is 7.25. The molecular formula is C15H25N3. The van der Waals surface area contributed by atoms with Crippen LogP contribution in [0, 0.1) is 5.92 Å². The van der Waals surface area contributed by atoms with Crippen LogP contribution in [0.3, 0.4) is 0 Å². The Labute approximate surface area is 110 Å². The van der Waals surface area contributed by atoms with E-state index in [1.807, 2.05) is 12.3 Å². The second-order valence-electron chi connectivity index (χ2n) is 5.36. The van der Waals surface area contributed by atoms with Gasteiger partial charge in [-0.05, 0) is 30.4 Å². The predicted octanol–water partition coefficient (Wildman–Crippen LogP) is 3.12. The molecule has 0 radical (unpaired) electrons. The highest BCUT2D eigenvalue weighted by Crippen LogP contribution is 2.31. The fourth-order valence-electron chi connectivity index (χ4n) is 3.08.